The molecule has 1 saturated carbocycles. The molecular weight excluding hydrogens is 250 g/mol. The number of pyridine rings is 1. The number of fused-ring (bicyclic) bond motifs is 1. The quantitative estimate of drug-likeness (QED) is 0.900. The summed E-state index contributed by atoms with van der Waals surface area (Å²) < 4.78 is 0. The third kappa shape index (κ3) is 2.33. The minimum Gasteiger partial charge on any atom is -0.383 e. The minimum atomic E-state index is -0.181. The minimum absolute atomic E-state index is 0.153. The highest BCUT2D eigenvalue weighted by Gasteiger charge is 2.39. The Kier molecular flexibility index (Phi) is 2.89. The molecule has 0 unspecified atom stereocenters. The van der Waals surface area contributed by atoms with E-state index in [2.05, 4.69) is 24.1 Å². The van der Waals surface area contributed by atoms with Crippen LogP contribution in [-0.2, 0) is 0 Å². The second-order valence-electron chi connectivity index (χ2n) is 6.06. The number of rotatable bonds is 3. The van der Waals surface area contributed by atoms with Crippen LogP contribution in [0, 0.1) is 5.92 Å². The highest BCUT2D eigenvalue weighted by Crippen LogP contribution is 2.39. The van der Waals surface area contributed by atoms with Gasteiger partial charge in [0.2, 0.25) is 0 Å². The van der Waals surface area contributed by atoms with Crippen LogP contribution in [0.25, 0.3) is 10.8 Å². The first-order valence-corrected chi connectivity index (χ1v) is 6.95. The van der Waals surface area contributed by atoms with E-state index in [-0.39, 0.29) is 11.4 Å². The van der Waals surface area contributed by atoms with Crippen LogP contribution < -0.4 is 11.1 Å². The van der Waals surface area contributed by atoms with E-state index >= 15 is 0 Å². The Balaban J connectivity index is 1.91. The van der Waals surface area contributed by atoms with Crippen LogP contribution >= 0.6 is 0 Å². The predicted molar refractivity (Wildman–Crippen MR) is 80.4 cm³/mol. The zero-order valence-electron chi connectivity index (χ0n) is 11.8. The molecular formula is C16H19N3O. The summed E-state index contributed by atoms with van der Waals surface area (Å²) in [5.41, 5.74) is 6.14. The number of hydrogen-bond donors (Lipinski definition) is 2. The summed E-state index contributed by atoms with van der Waals surface area (Å²) in [6, 6.07) is 9.49. The molecule has 1 heterocycles. The molecule has 0 aliphatic heterocycles. The zero-order chi connectivity index (χ0) is 14.3. The lowest BCUT2D eigenvalue weighted by Gasteiger charge is -2.26. The molecule has 0 spiro atoms. The van der Waals surface area contributed by atoms with Gasteiger partial charge < -0.3 is 11.1 Å². The van der Waals surface area contributed by atoms with Crippen LogP contribution in [0.5, 0.6) is 0 Å². The molecule has 0 saturated heterocycles. The summed E-state index contributed by atoms with van der Waals surface area (Å²) in [6.07, 6.45) is 2.36. The van der Waals surface area contributed by atoms with Crippen LogP contribution in [0.3, 0.4) is 0 Å². The van der Waals surface area contributed by atoms with Crippen molar-refractivity contribution in [3.8, 4) is 0 Å². The molecule has 4 nitrogen and oxygen atoms in total. The molecule has 3 N–H and O–H groups in total. The maximum absolute atomic E-state index is 12.4. The zero-order valence-corrected chi connectivity index (χ0v) is 11.8. The molecule has 104 valence electrons. The van der Waals surface area contributed by atoms with Crippen molar-refractivity contribution in [3.63, 3.8) is 0 Å². The molecule has 0 radical (unpaired) electrons. The Labute approximate surface area is 118 Å². The maximum atomic E-state index is 12.4. The molecule has 1 aromatic carbocycles. The number of nitrogens with one attached hydrogen (secondary N) is 1. The normalized spacial score (nSPS) is 15.3. The van der Waals surface area contributed by atoms with E-state index in [9.17, 15) is 4.79 Å². The van der Waals surface area contributed by atoms with Crippen LogP contribution in [0.1, 0.15) is 37.2 Å². The summed E-state index contributed by atoms with van der Waals surface area (Å²) in [4.78, 5) is 16.6. The number of benzene rings is 1. The largest absolute Gasteiger partial charge is 0.383 e. The van der Waals surface area contributed by atoms with E-state index in [4.69, 9.17) is 5.73 Å². The number of nitrogens with zero attached hydrogens (tertiary/aromatic N) is 1. The first-order valence-electron chi connectivity index (χ1n) is 6.95. The van der Waals surface area contributed by atoms with Crippen LogP contribution in [0.15, 0.2) is 30.3 Å². The first kappa shape index (κ1) is 12.9. The first-order chi connectivity index (χ1) is 9.47. The lowest BCUT2D eigenvalue weighted by Crippen LogP contribution is -2.45. The fourth-order valence-electron chi connectivity index (χ4n) is 2.61. The average Bonchev–Trinajstić information content (AvgIpc) is 3.23. The number of nitrogens with two attached hydrogens (primary N) is 1. The fraction of sp³-hybridized carbons (Fsp3) is 0.375. The Morgan fingerprint density at radius 1 is 1.35 bits per heavy atom. The highest BCUT2D eigenvalue weighted by atomic mass is 16.2. The highest BCUT2D eigenvalue weighted by molar-refractivity contribution is 6.00. The molecule has 0 bridgehead atoms. The Morgan fingerprint density at radius 3 is 2.75 bits per heavy atom. The van der Waals surface area contributed by atoms with Gasteiger partial charge in [0.05, 0.1) is 0 Å². The van der Waals surface area contributed by atoms with Crippen molar-refractivity contribution in [2.24, 2.45) is 5.92 Å². The molecule has 0 atom stereocenters. The second-order valence-corrected chi connectivity index (χ2v) is 6.06. The Morgan fingerprint density at radius 2 is 2.05 bits per heavy atom. The number of amides is 1. The number of aromatic nitrogens is 1. The molecule has 1 fully saturated rings. The molecule has 1 aliphatic rings. The van der Waals surface area contributed by atoms with Crippen molar-refractivity contribution in [1.29, 1.82) is 0 Å². The van der Waals surface area contributed by atoms with E-state index < -0.39 is 0 Å². The molecule has 2 aromatic rings. The summed E-state index contributed by atoms with van der Waals surface area (Å²) in [5, 5.41) is 4.89. The van der Waals surface area contributed by atoms with E-state index in [0.29, 0.717) is 17.4 Å². The molecule has 4 heteroatoms. The number of carbonyl (C=O) groups excluding carboxylic acids is 1. The van der Waals surface area contributed by atoms with Gasteiger partial charge in [-0.3, -0.25) is 4.79 Å². The molecule has 1 aliphatic carbocycles. The van der Waals surface area contributed by atoms with Crippen molar-refractivity contribution < 1.29 is 4.79 Å². The number of nitrogen functional groups attached to an aromatic ring is 1. The second kappa shape index (κ2) is 4.47. The van der Waals surface area contributed by atoms with Gasteiger partial charge in [-0.15, -0.1) is 0 Å². The van der Waals surface area contributed by atoms with E-state index in [1.165, 1.54) is 12.8 Å². The summed E-state index contributed by atoms with van der Waals surface area (Å²) in [7, 11) is 0. The summed E-state index contributed by atoms with van der Waals surface area (Å²) in [6.45, 7) is 4.12. The van der Waals surface area contributed by atoms with Gasteiger partial charge in [-0.25, -0.2) is 4.98 Å². The topological polar surface area (TPSA) is 68.0 Å². The van der Waals surface area contributed by atoms with Gasteiger partial charge in [-0.2, -0.15) is 0 Å². The standard InChI is InChI=1S/C16H19N3O/c1-16(2,11-7-8-11)19-15(20)13-9-10-5-3-4-6-12(10)14(17)18-13/h3-6,9,11H,7-8H2,1-2H3,(H2,17,18)(H,19,20). The van der Waals surface area contributed by atoms with Gasteiger partial charge in [0, 0.05) is 10.9 Å². The third-order valence-electron chi connectivity index (χ3n) is 4.04. The van der Waals surface area contributed by atoms with Gasteiger partial charge in [0.1, 0.15) is 11.5 Å². The van der Waals surface area contributed by atoms with Gasteiger partial charge in [0.25, 0.3) is 5.91 Å². The van der Waals surface area contributed by atoms with Crippen molar-refractivity contribution in [1.82, 2.24) is 10.3 Å². The summed E-state index contributed by atoms with van der Waals surface area (Å²) >= 11 is 0. The monoisotopic (exact) mass is 269 g/mol. The lowest BCUT2D eigenvalue weighted by atomic mass is 9.98. The van der Waals surface area contributed by atoms with Crippen molar-refractivity contribution in [2.45, 2.75) is 32.2 Å². The number of carbonyl (C=O) groups is 1. The predicted octanol–water partition coefficient (Wildman–Crippen LogP) is 2.74. The Hall–Kier alpha value is -2.10. The van der Waals surface area contributed by atoms with Gasteiger partial charge in [0.15, 0.2) is 0 Å². The van der Waals surface area contributed by atoms with Crippen LogP contribution in [0.2, 0.25) is 0 Å². The van der Waals surface area contributed by atoms with Crippen LogP contribution in [-0.4, -0.2) is 16.4 Å². The number of hydrogen-bond acceptors (Lipinski definition) is 3. The fourth-order valence-corrected chi connectivity index (χ4v) is 2.61. The SMILES string of the molecule is CC(C)(NC(=O)c1cc2ccccc2c(N)n1)C1CC1. The van der Waals surface area contributed by atoms with Crippen molar-refractivity contribution >= 4 is 22.5 Å². The van der Waals surface area contributed by atoms with Crippen LogP contribution in [0.4, 0.5) is 5.82 Å². The smallest absolute Gasteiger partial charge is 0.270 e. The third-order valence-corrected chi connectivity index (χ3v) is 4.04. The van der Waals surface area contributed by atoms with Gasteiger partial charge in [-0.05, 0) is 44.1 Å². The van der Waals surface area contributed by atoms with E-state index in [1.807, 2.05) is 24.3 Å². The molecule has 20 heavy (non-hydrogen) atoms. The molecule has 3 rings (SSSR count). The number of anilines is 1. The molecule has 1 amide bonds. The lowest BCUT2D eigenvalue weighted by molar-refractivity contribution is 0.0898. The van der Waals surface area contributed by atoms with E-state index in [0.717, 1.165) is 10.8 Å². The van der Waals surface area contributed by atoms with Crippen molar-refractivity contribution in [3.05, 3.63) is 36.0 Å². The van der Waals surface area contributed by atoms with Gasteiger partial charge >= 0.3 is 0 Å². The molecule has 1 aromatic heterocycles. The summed E-state index contributed by atoms with van der Waals surface area (Å²) in [5.74, 6) is 0.820. The average molecular weight is 269 g/mol. The van der Waals surface area contributed by atoms with Crippen molar-refractivity contribution in [2.75, 3.05) is 5.73 Å². The van der Waals surface area contributed by atoms with Gasteiger partial charge in [-0.1, -0.05) is 24.3 Å². The van der Waals surface area contributed by atoms with E-state index in [1.54, 1.807) is 6.07 Å². The maximum Gasteiger partial charge on any atom is 0.270 e. The Bertz CT molecular complexity index is 674.